The monoisotopic (exact) mass is 396 g/mol. The molecule has 0 bridgehead atoms. The van der Waals surface area contributed by atoms with Crippen LogP contribution in [0, 0.1) is 5.92 Å². The molecule has 0 fully saturated rings. The van der Waals surface area contributed by atoms with Gasteiger partial charge < -0.3 is 15.4 Å². The molecular formula is C24H32N2O3. The normalized spacial score (nSPS) is 12.4. The fraction of sp³-hybridized carbons (Fsp3) is 0.417. The number of hydrogen-bond donors (Lipinski definition) is 2. The van der Waals surface area contributed by atoms with E-state index in [2.05, 4.69) is 31.4 Å². The second-order valence-corrected chi connectivity index (χ2v) is 8.55. The third-order valence-corrected chi connectivity index (χ3v) is 4.89. The van der Waals surface area contributed by atoms with E-state index in [0.717, 1.165) is 16.9 Å². The highest BCUT2D eigenvalue weighted by molar-refractivity contribution is 5.97. The van der Waals surface area contributed by atoms with Crippen LogP contribution in [-0.2, 0) is 16.8 Å². The first-order valence-corrected chi connectivity index (χ1v) is 9.94. The maximum atomic E-state index is 12.7. The van der Waals surface area contributed by atoms with Gasteiger partial charge in [0.2, 0.25) is 5.91 Å². The maximum Gasteiger partial charge on any atom is 0.251 e. The fourth-order valence-corrected chi connectivity index (χ4v) is 3.02. The van der Waals surface area contributed by atoms with E-state index in [4.69, 9.17) is 4.74 Å². The van der Waals surface area contributed by atoms with Crippen LogP contribution in [0.4, 0.5) is 0 Å². The number of amides is 2. The molecule has 0 aliphatic carbocycles. The van der Waals surface area contributed by atoms with Crippen molar-refractivity contribution in [3.63, 3.8) is 0 Å². The molecular weight excluding hydrogens is 364 g/mol. The molecule has 0 spiro atoms. The van der Waals surface area contributed by atoms with Crippen LogP contribution in [0.25, 0.3) is 0 Å². The Balaban J connectivity index is 2.05. The van der Waals surface area contributed by atoms with Crippen molar-refractivity contribution < 1.29 is 14.3 Å². The predicted octanol–water partition coefficient (Wildman–Crippen LogP) is 4.06. The topological polar surface area (TPSA) is 67.4 Å². The standard InChI is InChI=1S/C24H32N2O3/c1-16(2)21(23(28)25-15-18-9-7-8-10-20(18)29-6)26-22(27)17-11-13-19(14-12-17)24(3,4)5/h7-14,16,21H,15H2,1-6H3,(H,25,28)(H,26,27)/t21-/m1/s1. The number of hydrogen-bond acceptors (Lipinski definition) is 3. The van der Waals surface area contributed by atoms with E-state index in [1.165, 1.54) is 0 Å². The Morgan fingerprint density at radius 3 is 2.17 bits per heavy atom. The zero-order valence-electron chi connectivity index (χ0n) is 18.2. The number of benzene rings is 2. The summed E-state index contributed by atoms with van der Waals surface area (Å²) in [5.41, 5.74) is 2.61. The highest BCUT2D eigenvalue weighted by Gasteiger charge is 2.25. The molecule has 0 saturated carbocycles. The summed E-state index contributed by atoms with van der Waals surface area (Å²) in [5, 5.41) is 5.78. The lowest BCUT2D eigenvalue weighted by molar-refractivity contribution is -0.124. The van der Waals surface area contributed by atoms with Gasteiger partial charge in [0.15, 0.2) is 0 Å². The van der Waals surface area contributed by atoms with E-state index < -0.39 is 6.04 Å². The van der Waals surface area contributed by atoms with Crippen LogP contribution in [0.3, 0.4) is 0 Å². The van der Waals surface area contributed by atoms with E-state index in [1.54, 1.807) is 19.2 Å². The first kappa shape index (κ1) is 22.5. The van der Waals surface area contributed by atoms with Crippen molar-refractivity contribution in [2.24, 2.45) is 5.92 Å². The van der Waals surface area contributed by atoms with Crippen LogP contribution in [0.5, 0.6) is 5.75 Å². The summed E-state index contributed by atoms with van der Waals surface area (Å²) in [7, 11) is 1.60. The third kappa shape index (κ3) is 6.08. The summed E-state index contributed by atoms with van der Waals surface area (Å²) < 4.78 is 5.32. The Morgan fingerprint density at radius 1 is 1.00 bits per heavy atom. The van der Waals surface area contributed by atoms with Crippen LogP contribution in [0.2, 0.25) is 0 Å². The van der Waals surface area contributed by atoms with Crippen molar-refractivity contribution in [2.75, 3.05) is 7.11 Å². The number of methoxy groups -OCH3 is 1. The minimum Gasteiger partial charge on any atom is -0.496 e. The number of ether oxygens (including phenoxy) is 1. The smallest absolute Gasteiger partial charge is 0.251 e. The average molecular weight is 397 g/mol. The molecule has 156 valence electrons. The first-order valence-electron chi connectivity index (χ1n) is 9.94. The molecule has 2 amide bonds. The molecule has 2 rings (SSSR count). The second-order valence-electron chi connectivity index (χ2n) is 8.55. The molecule has 2 N–H and O–H groups in total. The van der Waals surface area contributed by atoms with Crippen LogP contribution in [0.15, 0.2) is 48.5 Å². The lowest BCUT2D eigenvalue weighted by Gasteiger charge is -2.23. The Kier molecular flexibility index (Phi) is 7.43. The molecule has 2 aromatic carbocycles. The third-order valence-electron chi connectivity index (χ3n) is 4.89. The molecule has 5 heteroatoms. The molecule has 0 aliphatic heterocycles. The quantitative estimate of drug-likeness (QED) is 0.741. The number of carbonyl (C=O) groups excluding carboxylic acids is 2. The van der Waals surface area contributed by atoms with Crippen molar-refractivity contribution in [3.8, 4) is 5.75 Å². The van der Waals surface area contributed by atoms with Crippen molar-refractivity contribution in [2.45, 2.75) is 52.6 Å². The van der Waals surface area contributed by atoms with Crippen LogP contribution < -0.4 is 15.4 Å². The lowest BCUT2D eigenvalue weighted by atomic mass is 9.86. The number of para-hydroxylation sites is 1. The van der Waals surface area contributed by atoms with Gasteiger partial charge in [0, 0.05) is 17.7 Å². The van der Waals surface area contributed by atoms with Gasteiger partial charge in [0.25, 0.3) is 5.91 Å². The number of nitrogens with one attached hydrogen (secondary N) is 2. The average Bonchev–Trinajstić information content (AvgIpc) is 2.69. The molecule has 2 aromatic rings. The minimum atomic E-state index is -0.625. The van der Waals surface area contributed by atoms with Crippen LogP contribution in [0.1, 0.15) is 56.1 Å². The van der Waals surface area contributed by atoms with Gasteiger partial charge in [0.05, 0.1) is 7.11 Å². The Bertz CT molecular complexity index is 836. The molecule has 0 radical (unpaired) electrons. The molecule has 0 saturated heterocycles. The highest BCUT2D eigenvalue weighted by atomic mass is 16.5. The summed E-state index contributed by atoms with van der Waals surface area (Å²) in [6.07, 6.45) is 0. The van der Waals surface area contributed by atoms with E-state index in [1.807, 2.05) is 50.2 Å². The van der Waals surface area contributed by atoms with Crippen molar-refractivity contribution in [1.29, 1.82) is 0 Å². The number of rotatable bonds is 7. The SMILES string of the molecule is COc1ccccc1CNC(=O)[C@H](NC(=O)c1ccc(C(C)(C)C)cc1)C(C)C. The van der Waals surface area contributed by atoms with Gasteiger partial charge in [-0.05, 0) is 35.1 Å². The molecule has 5 nitrogen and oxygen atoms in total. The second kappa shape index (κ2) is 9.59. The van der Waals surface area contributed by atoms with Crippen LogP contribution in [-0.4, -0.2) is 25.0 Å². The van der Waals surface area contributed by atoms with E-state index in [9.17, 15) is 9.59 Å². The Morgan fingerprint density at radius 2 is 1.62 bits per heavy atom. The van der Waals surface area contributed by atoms with Gasteiger partial charge in [-0.25, -0.2) is 0 Å². The van der Waals surface area contributed by atoms with E-state index in [-0.39, 0.29) is 23.1 Å². The summed E-state index contributed by atoms with van der Waals surface area (Å²) >= 11 is 0. The lowest BCUT2D eigenvalue weighted by Crippen LogP contribution is -2.49. The summed E-state index contributed by atoms with van der Waals surface area (Å²) in [6.45, 7) is 10.5. The van der Waals surface area contributed by atoms with Crippen molar-refractivity contribution in [1.82, 2.24) is 10.6 Å². The van der Waals surface area contributed by atoms with Crippen molar-refractivity contribution in [3.05, 3.63) is 65.2 Å². The molecule has 29 heavy (non-hydrogen) atoms. The first-order chi connectivity index (χ1) is 13.6. The maximum absolute atomic E-state index is 12.7. The molecule has 0 heterocycles. The summed E-state index contributed by atoms with van der Waals surface area (Å²) in [6, 6.07) is 14.4. The summed E-state index contributed by atoms with van der Waals surface area (Å²) in [5.74, 6) is 0.199. The zero-order valence-corrected chi connectivity index (χ0v) is 18.2. The number of carbonyl (C=O) groups is 2. The van der Waals surface area contributed by atoms with Gasteiger partial charge in [-0.3, -0.25) is 9.59 Å². The minimum absolute atomic E-state index is 0.0217. The van der Waals surface area contributed by atoms with E-state index in [0.29, 0.717) is 12.1 Å². The largest absolute Gasteiger partial charge is 0.496 e. The molecule has 0 aliphatic rings. The van der Waals surface area contributed by atoms with E-state index >= 15 is 0 Å². The van der Waals surface area contributed by atoms with Gasteiger partial charge >= 0.3 is 0 Å². The molecule has 1 atom stereocenters. The van der Waals surface area contributed by atoms with Crippen molar-refractivity contribution >= 4 is 11.8 Å². The van der Waals surface area contributed by atoms with Gasteiger partial charge in [-0.15, -0.1) is 0 Å². The van der Waals surface area contributed by atoms with Gasteiger partial charge in [-0.1, -0.05) is 65.0 Å². The molecule has 0 aromatic heterocycles. The molecule has 0 unspecified atom stereocenters. The van der Waals surface area contributed by atoms with Crippen LogP contribution >= 0.6 is 0 Å². The van der Waals surface area contributed by atoms with Gasteiger partial charge in [0.1, 0.15) is 11.8 Å². The predicted molar refractivity (Wildman–Crippen MR) is 116 cm³/mol. The zero-order chi connectivity index (χ0) is 21.6. The Labute approximate surface area is 173 Å². The fourth-order valence-electron chi connectivity index (χ4n) is 3.02. The Hall–Kier alpha value is -2.82. The summed E-state index contributed by atoms with van der Waals surface area (Å²) in [4.78, 5) is 25.4. The highest BCUT2D eigenvalue weighted by Crippen LogP contribution is 2.22. The van der Waals surface area contributed by atoms with Gasteiger partial charge in [-0.2, -0.15) is 0 Å².